The maximum atomic E-state index is 6.44. The van der Waals surface area contributed by atoms with Gasteiger partial charge in [-0.05, 0) is 81.8 Å². The summed E-state index contributed by atoms with van der Waals surface area (Å²) in [7, 11) is 0. The highest BCUT2D eigenvalue weighted by molar-refractivity contribution is 9.11. The third-order valence-electron chi connectivity index (χ3n) is 9.59. The van der Waals surface area contributed by atoms with E-state index in [0.717, 1.165) is 68.8 Å². The Labute approximate surface area is 336 Å². The van der Waals surface area contributed by atoms with Crippen LogP contribution in [0.25, 0.3) is 12.2 Å². The van der Waals surface area contributed by atoms with Crippen LogP contribution in [0, 0.1) is 0 Å². The third-order valence-corrected chi connectivity index (χ3v) is 10.8. The predicted octanol–water partition coefficient (Wildman–Crippen LogP) is 16.3. The standard InChI is InChI=1S/C46H74Br2O4/c1-5-9-13-17-21-25-31-49-43-37-41(47)45(51-33-27-23-19-15-11-7-3)35-39(43)29-30-40-36-46(52-34-28-24-20-16-12-8-4)42(48)38-44(40)50-32-26-22-18-14-10-6-2/h29-30,35-38H,5-28,31-34H2,1-4H3/b30-29+. The average molecular weight is 851 g/mol. The zero-order valence-corrected chi connectivity index (χ0v) is 36.8. The van der Waals surface area contributed by atoms with Gasteiger partial charge in [0.05, 0.1) is 35.4 Å². The van der Waals surface area contributed by atoms with Crippen molar-refractivity contribution in [2.24, 2.45) is 0 Å². The van der Waals surface area contributed by atoms with Crippen molar-refractivity contribution < 1.29 is 18.9 Å². The van der Waals surface area contributed by atoms with E-state index < -0.39 is 0 Å². The summed E-state index contributed by atoms with van der Waals surface area (Å²) in [6.07, 6.45) is 34.0. The topological polar surface area (TPSA) is 36.9 Å². The normalized spacial score (nSPS) is 11.4. The number of halogens is 2. The largest absolute Gasteiger partial charge is 0.493 e. The molecule has 0 fully saturated rings. The maximum Gasteiger partial charge on any atom is 0.134 e. The first-order valence-corrected chi connectivity index (χ1v) is 23.0. The van der Waals surface area contributed by atoms with Gasteiger partial charge in [-0.25, -0.2) is 0 Å². The zero-order valence-electron chi connectivity index (χ0n) is 33.7. The van der Waals surface area contributed by atoms with Gasteiger partial charge < -0.3 is 18.9 Å². The Morgan fingerprint density at radius 2 is 0.596 bits per heavy atom. The van der Waals surface area contributed by atoms with Crippen LogP contribution in [0.5, 0.6) is 23.0 Å². The van der Waals surface area contributed by atoms with Crippen molar-refractivity contribution in [3.05, 3.63) is 44.3 Å². The van der Waals surface area contributed by atoms with Gasteiger partial charge in [0.25, 0.3) is 0 Å². The quantitative estimate of drug-likeness (QED) is 0.0519. The van der Waals surface area contributed by atoms with Crippen LogP contribution in [-0.4, -0.2) is 26.4 Å². The third kappa shape index (κ3) is 21.3. The van der Waals surface area contributed by atoms with Crippen molar-refractivity contribution in [1.82, 2.24) is 0 Å². The van der Waals surface area contributed by atoms with E-state index in [2.05, 4.69) is 96.0 Å². The van der Waals surface area contributed by atoms with Gasteiger partial charge >= 0.3 is 0 Å². The van der Waals surface area contributed by atoms with Crippen molar-refractivity contribution in [1.29, 1.82) is 0 Å². The van der Waals surface area contributed by atoms with Gasteiger partial charge in [-0.2, -0.15) is 0 Å². The molecule has 0 spiro atoms. The fourth-order valence-electron chi connectivity index (χ4n) is 6.27. The van der Waals surface area contributed by atoms with Gasteiger partial charge in [0.15, 0.2) is 0 Å². The van der Waals surface area contributed by atoms with Crippen LogP contribution >= 0.6 is 31.9 Å². The summed E-state index contributed by atoms with van der Waals surface area (Å²) in [5.74, 6) is 3.46. The molecule has 52 heavy (non-hydrogen) atoms. The molecule has 0 unspecified atom stereocenters. The van der Waals surface area contributed by atoms with E-state index in [0.29, 0.717) is 26.4 Å². The Kier molecular flexibility index (Phi) is 28.3. The number of hydrogen-bond donors (Lipinski definition) is 0. The van der Waals surface area contributed by atoms with Gasteiger partial charge in [-0.3, -0.25) is 0 Å². The molecule has 0 N–H and O–H groups in total. The van der Waals surface area contributed by atoms with Gasteiger partial charge in [0.2, 0.25) is 0 Å². The molecule has 2 rings (SSSR count). The van der Waals surface area contributed by atoms with E-state index in [9.17, 15) is 0 Å². The molecule has 0 aliphatic heterocycles. The molecule has 0 radical (unpaired) electrons. The molecular formula is C46H74Br2O4. The molecule has 0 bridgehead atoms. The first kappa shape index (κ1) is 46.5. The van der Waals surface area contributed by atoms with E-state index in [1.807, 2.05) is 0 Å². The minimum Gasteiger partial charge on any atom is -0.493 e. The Hall–Kier alpha value is -1.66. The second kappa shape index (κ2) is 31.7. The van der Waals surface area contributed by atoms with Crippen LogP contribution in [0.3, 0.4) is 0 Å². The first-order chi connectivity index (χ1) is 25.5. The number of hydrogen-bond acceptors (Lipinski definition) is 4. The van der Waals surface area contributed by atoms with Crippen LogP contribution in [0.15, 0.2) is 33.2 Å². The van der Waals surface area contributed by atoms with E-state index in [4.69, 9.17) is 18.9 Å². The van der Waals surface area contributed by atoms with Gasteiger partial charge in [0, 0.05) is 11.1 Å². The van der Waals surface area contributed by atoms with E-state index in [1.165, 1.54) is 128 Å². The second-order valence-electron chi connectivity index (χ2n) is 14.4. The molecule has 0 aliphatic rings. The van der Waals surface area contributed by atoms with Crippen molar-refractivity contribution in [3.8, 4) is 23.0 Å². The molecule has 0 amide bonds. The van der Waals surface area contributed by atoms with Crippen LogP contribution in [0.2, 0.25) is 0 Å². The summed E-state index contributed by atoms with van der Waals surface area (Å²) in [5.41, 5.74) is 2.01. The minimum absolute atomic E-state index is 0.707. The predicted molar refractivity (Wildman–Crippen MR) is 233 cm³/mol. The molecule has 2 aromatic carbocycles. The Morgan fingerprint density at radius 3 is 0.885 bits per heavy atom. The van der Waals surface area contributed by atoms with E-state index in [-0.39, 0.29) is 0 Å². The van der Waals surface area contributed by atoms with Gasteiger partial charge in [-0.1, -0.05) is 168 Å². The molecule has 0 saturated carbocycles. The monoisotopic (exact) mass is 848 g/mol. The summed E-state index contributed by atoms with van der Waals surface area (Å²) >= 11 is 7.58. The van der Waals surface area contributed by atoms with Crippen molar-refractivity contribution in [3.63, 3.8) is 0 Å². The fraction of sp³-hybridized carbons (Fsp3) is 0.696. The molecule has 0 aromatic heterocycles. The van der Waals surface area contributed by atoms with Crippen molar-refractivity contribution in [2.45, 2.75) is 182 Å². The SMILES string of the molecule is CCCCCCCCOc1cc(/C=C/c2cc(OCCCCCCCC)c(Br)cc2OCCCCCCCC)c(OCCCCCCCC)cc1Br. The van der Waals surface area contributed by atoms with E-state index >= 15 is 0 Å². The molecule has 6 heteroatoms. The minimum atomic E-state index is 0.707. The van der Waals surface area contributed by atoms with Crippen LogP contribution in [-0.2, 0) is 0 Å². The highest BCUT2D eigenvalue weighted by atomic mass is 79.9. The zero-order chi connectivity index (χ0) is 37.5. The summed E-state index contributed by atoms with van der Waals surface area (Å²) in [6.45, 7) is 11.9. The average Bonchev–Trinajstić information content (AvgIpc) is 3.14. The Balaban J connectivity index is 2.26. The lowest BCUT2D eigenvalue weighted by atomic mass is 10.1. The smallest absolute Gasteiger partial charge is 0.134 e. The molecule has 2 aromatic rings. The van der Waals surface area contributed by atoms with Crippen LogP contribution in [0.1, 0.15) is 193 Å². The molecular weight excluding hydrogens is 776 g/mol. The molecule has 0 aliphatic carbocycles. The molecule has 0 heterocycles. The molecule has 0 saturated heterocycles. The molecule has 0 atom stereocenters. The van der Waals surface area contributed by atoms with Gasteiger partial charge in [-0.15, -0.1) is 0 Å². The lowest BCUT2D eigenvalue weighted by molar-refractivity contribution is 0.294. The second-order valence-corrected chi connectivity index (χ2v) is 16.1. The Bertz CT molecular complexity index is 1110. The summed E-state index contributed by atoms with van der Waals surface area (Å²) in [6, 6.07) is 8.42. The van der Waals surface area contributed by atoms with Crippen molar-refractivity contribution in [2.75, 3.05) is 26.4 Å². The Morgan fingerprint density at radius 1 is 0.346 bits per heavy atom. The first-order valence-electron chi connectivity index (χ1n) is 21.4. The number of benzene rings is 2. The van der Waals surface area contributed by atoms with Crippen molar-refractivity contribution >= 4 is 44.0 Å². The van der Waals surface area contributed by atoms with Gasteiger partial charge in [0.1, 0.15) is 23.0 Å². The molecule has 4 nitrogen and oxygen atoms in total. The highest BCUT2D eigenvalue weighted by Crippen LogP contribution is 2.37. The summed E-state index contributed by atoms with van der Waals surface area (Å²) < 4.78 is 27.4. The summed E-state index contributed by atoms with van der Waals surface area (Å²) in [5, 5.41) is 0. The lowest BCUT2D eigenvalue weighted by Crippen LogP contribution is -2.02. The fourth-order valence-corrected chi connectivity index (χ4v) is 7.14. The molecule has 296 valence electrons. The number of ether oxygens (including phenoxy) is 4. The van der Waals surface area contributed by atoms with Crippen LogP contribution < -0.4 is 18.9 Å². The lowest BCUT2D eigenvalue weighted by Gasteiger charge is -2.16. The highest BCUT2D eigenvalue weighted by Gasteiger charge is 2.13. The number of unbranched alkanes of at least 4 members (excludes halogenated alkanes) is 20. The summed E-state index contributed by atoms with van der Waals surface area (Å²) in [4.78, 5) is 0. The van der Waals surface area contributed by atoms with E-state index in [1.54, 1.807) is 0 Å². The van der Waals surface area contributed by atoms with Crippen LogP contribution in [0.4, 0.5) is 0 Å². The number of rotatable bonds is 34. The maximum absolute atomic E-state index is 6.44.